The van der Waals surface area contributed by atoms with Crippen molar-refractivity contribution in [2.24, 2.45) is 0 Å². The number of hydrogen-bond donors (Lipinski definition) is 0. The number of rotatable bonds is 5. The summed E-state index contributed by atoms with van der Waals surface area (Å²) in [7, 11) is 0. The van der Waals surface area contributed by atoms with Crippen LogP contribution in [0.3, 0.4) is 0 Å². The van der Waals surface area contributed by atoms with E-state index >= 15 is 0 Å². The highest BCUT2D eigenvalue weighted by atomic mass is 35.5. The van der Waals surface area contributed by atoms with Crippen LogP contribution in [0.25, 0.3) is 0 Å². The van der Waals surface area contributed by atoms with E-state index in [-0.39, 0.29) is 0 Å². The van der Waals surface area contributed by atoms with Gasteiger partial charge in [-0.05, 0) is 26.3 Å². The van der Waals surface area contributed by atoms with Gasteiger partial charge in [0.15, 0.2) is 5.06 Å². The standard InChI is InChI=1S/C17H19ClO2/c1-16(2,14-10-6-4-7-11-14)19-20-17(3,18)15-12-8-5-9-13-15/h4-13H,1-3H3. The van der Waals surface area contributed by atoms with Gasteiger partial charge in [0.05, 0.1) is 0 Å². The Balaban J connectivity index is 2.08. The molecule has 0 aliphatic rings. The van der Waals surface area contributed by atoms with E-state index in [1.165, 1.54) is 0 Å². The highest BCUT2D eigenvalue weighted by Gasteiger charge is 2.31. The van der Waals surface area contributed by atoms with E-state index in [9.17, 15) is 0 Å². The van der Waals surface area contributed by atoms with Crippen LogP contribution in [0.5, 0.6) is 0 Å². The molecule has 0 fully saturated rings. The van der Waals surface area contributed by atoms with Crippen molar-refractivity contribution >= 4 is 11.6 Å². The van der Waals surface area contributed by atoms with Crippen LogP contribution in [-0.2, 0) is 20.4 Å². The molecule has 2 nitrogen and oxygen atoms in total. The molecule has 0 saturated heterocycles. The Morgan fingerprint density at radius 3 is 1.65 bits per heavy atom. The molecule has 0 radical (unpaired) electrons. The third-order valence-corrected chi connectivity index (χ3v) is 3.45. The normalized spacial score (nSPS) is 14.8. The topological polar surface area (TPSA) is 18.5 Å². The molecule has 0 spiro atoms. The van der Waals surface area contributed by atoms with Gasteiger partial charge in [-0.2, -0.15) is 0 Å². The molecule has 1 atom stereocenters. The van der Waals surface area contributed by atoms with Gasteiger partial charge >= 0.3 is 0 Å². The predicted octanol–water partition coefficient (Wildman–Crippen LogP) is 4.98. The molecule has 0 bridgehead atoms. The van der Waals surface area contributed by atoms with Crippen molar-refractivity contribution in [1.29, 1.82) is 0 Å². The summed E-state index contributed by atoms with van der Waals surface area (Å²) < 4.78 is 0. The minimum Gasteiger partial charge on any atom is -0.224 e. The van der Waals surface area contributed by atoms with Crippen LogP contribution in [-0.4, -0.2) is 0 Å². The quantitative estimate of drug-likeness (QED) is 0.439. The van der Waals surface area contributed by atoms with Gasteiger partial charge in [-0.15, -0.1) is 0 Å². The Kier molecular flexibility index (Phi) is 4.48. The highest BCUT2D eigenvalue weighted by Crippen LogP contribution is 2.34. The van der Waals surface area contributed by atoms with E-state index in [0.29, 0.717) is 0 Å². The van der Waals surface area contributed by atoms with Crippen molar-refractivity contribution in [1.82, 2.24) is 0 Å². The Labute approximate surface area is 125 Å². The summed E-state index contributed by atoms with van der Waals surface area (Å²) in [6.07, 6.45) is 0. The first kappa shape index (κ1) is 15.0. The lowest BCUT2D eigenvalue weighted by Gasteiger charge is -2.29. The number of hydrogen-bond acceptors (Lipinski definition) is 2. The summed E-state index contributed by atoms with van der Waals surface area (Å²) in [5, 5.41) is -1.02. The zero-order valence-electron chi connectivity index (χ0n) is 12.0. The minimum atomic E-state index is -1.02. The summed E-state index contributed by atoms with van der Waals surface area (Å²) >= 11 is 6.41. The van der Waals surface area contributed by atoms with Crippen molar-refractivity contribution in [3.63, 3.8) is 0 Å². The SMILES string of the molecule is CC(C)(OOC(C)(Cl)c1ccccc1)c1ccccc1. The van der Waals surface area contributed by atoms with Gasteiger partial charge < -0.3 is 0 Å². The summed E-state index contributed by atoms with van der Waals surface area (Å²) in [6.45, 7) is 5.66. The summed E-state index contributed by atoms with van der Waals surface area (Å²) in [6, 6.07) is 19.5. The maximum Gasteiger partial charge on any atom is 0.198 e. The molecule has 0 aliphatic carbocycles. The van der Waals surface area contributed by atoms with Crippen molar-refractivity contribution < 1.29 is 9.78 Å². The van der Waals surface area contributed by atoms with Crippen LogP contribution in [0.2, 0.25) is 0 Å². The second kappa shape index (κ2) is 5.96. The molecule has 0 saturated carbocycles. The third-order valence-electron chi connectivity index (χ3n) is 3.16. The number of alkyl halides is 1. The maximum atomic E-state index is 6.41. The summed E-state index contributed by atoms with van der Waals surface area (Å²) in [4.78, 5) is 11.1. The monoisotopic (exact) mass is 290 g/mol. The zero-order valence-corrected chi connectivity index (χ0v) is 12.7. The second-order valence-electron chi connectivity index (χ2n) is 5.33. The molecule has 0 aromatic heterocycles. The van der Waals surface area contributed by atoms with Gasteiger partial charge in [-0.1, -0.05) is 72.3 Å². The average molecular weight is 291 g/mol. The van der Waals surface area contributed by atoms with Crippen LogP contribution >= 0.6 is 11.6 Å². The average Bonchev–Trinajstić information content (AvgIpc) is 2.47. The number of benzene rings is 2. The Morgan fingerprint density at radius 2 is 1.15 bits per heavy atom. The lowest BCUT2D eigenvalue weighted by Crippen LogP contribution is -2.28. The summed E-state index contributed by atoms with van der Waals surface area (Å²) in [5.41, 5.74) is 1.30. The fourth-order valence-electron chi connectivity index (χ4n) is 1.85. The lowest BCUT2D eigenvalue weighted by atomic mass is 9.99. The summed E-state index contributed by atoms with van der Waals surface area (Å²) in [5.74, 6) is 0. The van der Waals surface area contributed by atoms with Gasteiger partial charge in [0.1, 0.15) is 5.60 Å². The molecule has 0 N–H and O–H groups in total. The molecule has 106 valence electrons. The first-order chi connectivity index (χ1) is 9.42. The van der Waals surface area contributed by atoms with Crippen LogP contribution in [0.4, 0.5) is 0 Å². The molecule has 2 rings (SSSR count). The van der Waals surface area contributed by atoms with Crippen LogP contribution in [0, 0.1) is 0 Å². The first-order valence-corrected chi connectivity index (χ1v) is 6.96. The maximum absolute atomic E-state index is 6.41. The molecule has 2 aromatic carbocycles. The van der Waals surface area contributed by atoms with E-state index in [1.54, 1.807) is 6.92 Å². The van der Waals surface area contributed by atoms with E-state index < -0.39 is 10.7 Å². The highest BCUT2D eigenvalue weighted by molar-refractivity contribution is 6.22. The van der Waals surface area contributed by atoms with Crippen molar-refractivity contribution in [3.8, 4) is 0 Å². The van der Waals surface area contributed by atoms with E-state index in [4.69, 9.17) is 21.4 Å². The van der Waals surface area contributed by atoms with Crippen LogP contribution in [0.1, 0.15) is 31.9 Å². The molecule has 2 aromatic rings. The number of halogens is 1. The van der Waals surface area contributed by atoms with Crippen molar-refractivity contribution in [2.45, 2.75) is 31.4 Å². The van der Waals surface area contributed by atoms with Gasteiger partial charge in [0.2, 0.25) is 0 Å². The first-order valence-electron chi connectivity index (χ1n) is 6.59. The molecular weight excluding hydrogens is 272 g/mol. The molecule has 1 unspecified atom stereocenters. The van der Waals surface area contributed by atoms with E-state index in [2.05, 4.69) is 0 Å². The Morgan fingerprint density at radius 1 is 0.700 bits per heavy atom. The van der Waals surface area contributed by atoms with Crippen LogP contribution in [0.15, 0.2) is 60.7 Å². The zero-order chi connectivity index (χ0) is 14.6. The second-order valence-corrected chi connectivity index (χ2v) is 6.05. The molecule has 0 amide bonds. The fourth-order valence-corrected chi connectivity index (χ4v) is 2.01. The smallest absolute Gasteiger partial charge is 0.198 e. The fraction of sp³-hybridized carbons (Fsp3) is 0.294. The molecule has 0 heterocycles. The molecule has 3 heteroatoms. The Bertz CT molecular complexity index is 484. The molecule has 0 aliphatic heterocycles. The molecule has 20 heavy (non-hydrogen) atoms. The lowest BCUT2D eigenvalue weighted by molar-refractivity contribution is -0.394. The van der Waals surface area contributed by atoms with Crippen molar-refractivity contribution in [3.05, 3.63) is 71.8 Å². The van der Waals surface area contributed by atoms with Gasteiger partial charge in [0.25, 0.3) is 0 Å². The van der Waals surface area contributed by atoms with Gasteiger partial charge in [-0.3, -0.25) is 0 Å². The van der Waals surface area contributed by atoms with Crippen LogP contribution < -0.4 is 0 Å². The van der Waals surface area contributed by atoms with E-state index in [1.807, 2.05) is 74.5 Å². The molecular formula is C17H19ClO2. The van der Waals surface area contributed by atoms with Crippen molar-refractivity contribution in [2.75, 3.05) is 0 Å². The minimum absolute atomic E-state index is 0.577. The van der Waals surface area contributed by atoms with E-state index in [0.717, 1.165) is 11.1 Å². The largest absolute Gasteiger partial charge is 0.224 e. The third kappa shape index (κ3) is 3.60. The predicted molar refractivity (Wildman–Crippen MR) is 81.3 cm³/mol. The Hall–Kier alpha value is -1.35. The van der Waals surface area contributed by atoms with Gasteiger partial charge in [-0.25, -0.2) is 9.78 Å². The van der Waals surface area contributed by atoms with Gasteiger partial charge in [0, 0.05) is 5.56 Å².